The van der Waals surface area contributed by atoms with Crippen molar-refractivity contribution in [3.63, 3.8) is 0 Å². The van der Waals surface area contributed by atoms with Gasteiger partial charge < -0.3 is 30.4 Å². The lowest BCUT2D eigenvalue weighted by Gasteiger charge is -2.24. The zero-order valence-corrected chi connectivity index (χ0v) is 11.0. The molecular formula is C12H12N4O6. The van der Waals surface area contributed by atoms with Crippen molar-refractivity contribution < 1.29 is 30.0 Å². The second-order valence-electron chi connectivity index (χ2n) is 4.39. The van der Waals surface area contributed by atoms with Gasteiger partial charge in [0.05, 0.1) is 0 Å². The Kier molecular flexibility index (Phi) is 4.78. The van der Waals surface area contributed by atoms with Gasteiger partial charge in [-0.2, -0.15) is 0 Å². The van der Waals surface area contributed by atoms with Gasteiger partial charge in [-0.25, -0.2) is 9.97 Å². The van der Waals surface area contributed by atoms with E-state index in [1.807, 2.05) is 0 Å². The number of hydrogen-bond donors (Lipinski definition) is 6. The van der Waals surface area contributed by atoms with Gasteiger partial charge in [0, 0.05) is 12.4 Å². The van der Waals surface area contributed by atoms with E-state index in [1.54, 1.807) is 0 Å². The molecule has 10 heteroatoms. The average molecular weight is 308 g/mol. The topological polar surface area (TPSA) is 172 Å². The second kappa shape index (κ2) is 6.58. The summed E-state index contributed by atoms with van der Waals surface area (Å²) >= 11 is 0. The summed E-state index contributed by atoms with van der Waals surface area (Å²) in [6.45, 7) is 0. The first kappa shape index (κ1) is 16.0. The van der Waals surface area contributed by atoms with Gasteiger partial charge in [-0.3, -0.25) is 9.59 Å². The maximum atomic E-state index is 11.8. The zero-order chi connectivity index (χ0) is 16.3. The van der Waals surface area contributed by atoms with Gasteiger partial charge in [-0.05, 0) is 0 Å². The van der Waals surface area contributed by atoms with Crippen LogP contribution in [0.2, 0.25) is 0 Å². The monoisotopic (exact) mass is 308 g/mol. The normalized spacial score (nSPS) is 16.7. The van der Waals surface area contributed by atoms with Crippen LogP contribution in [0.5, 0.6) is 0 Å². The predicted molar refractivity (Wildman–Crippen MR) is 67.5 cm³/mol. The molecule has 10 nitrogen and oxygen atoms in total. The first-order chi connectivity index (χ1) is 10.4. The zero-order valence-electron chi connectivity index (χ0n) is 11.0. The third-order valence-corrected chi connectivity index (χ3v) is 2.94. The van der Waals surface area contributed by atoms with Gasteiger partial charge in [-0.15, -0.1) is 0 Å². The van der Waals surface area contributed by atoms with Crippen LogP contribution in [-0.2, 0) is 0 Å². The van der Waals surface area contributed by atoms with E-state index in [-0.39, 0.29) is 11.4 Å². The largest absolute Gasteiger partial charge is 0.387 e. The molecule has 0 aliphatic rings. The third-order valence-electron chi connectivity index (χ3n) is 2.94. The van der Waals surface area contributed by atoms with E-state index in [4.69, 9.17) is 0 Å². The summed E-state index contributed by atoms with van der Waals surface area (Å²) in [6.07, 6.45) is -1.67. The van der Waals surface area contributed by atoms with Gasteiger partial charge in [0.2, 0.25) is 11.6 Å². The van der Waals surface area contributed by atoms with E-state index >= 15 is 0 Å². The number of aromatic nitrogens is 4. The molecular weight excluding hydrogens is 296 g/mol. The van der Waals surface area contributed by atoms with Crippen LogP contribution in [-0.4, -0.2) is 76.3 Å². The molecule has 0 aliphatic carbocycles. The highest BCUT2D eigenvalue weighted by Crippen LogP contribution is 2.12. The molecule has 116 valence electrons. The van der Waals surface area contributed by atoms with Crippen LogP contribution >= 0.6 is 0 Å². The molecule has 0 aromatic carbocycles. The molecule has 22 heavy (non-hydrogen) atoms. The summed E-state index contributed by atoms with van der Waals surface area (Å²) in [5.74, 6) is -2.01. The fourth-order valence-electron chi connectivity index (χ4n) is 1.69. The number of nitrogens with zero attached hydrogens (tertiary/aromatic N) is 2. The van der Waals surface area contributed by atoms with Crippen molar-refractivity contribution in [1.82, 2.24) is 19.9 Å². The molecule has 6 N–H and O–H groups in total. The van der Waals surface area contributed by atoms with E-state index in [2.05, 4.69) is 32.6 Å². The van der Waals surface area contributed by atoms with Crippen molar-refractivity contribution >= 4 is 11.6 Å². The van der Waals surface area contributed by atoms with Crippen molar-refractivity contribution in [2.24, 2.45) is 0 Å². The Morgan fingerprint density at radius 2 is 1.23 bits per heavy atom. The molecule has 0 fully saturated rings. The molecule has 4 atom stereocenters. The number of carbonyl (C=O) groups is 2. The number of H-pyrrole nitrogens is 2. The third kappa shape index (κ3) is 3.09. The summed E-state index contributed by atoms with van der Waals surface area (Å²) in [5.41, 5.74) is -0.442. The van der Waals surface area contributed by atoms with Crippen molar-refractivity contribution in [1.29, 1.82) is 0 Å². The first-order valence-corrected chi connectivity index (χ1v) is 6.07. The molecule has 2 aromatic heterocycles. The molecule has 0 saturated carbocycles. The van der Waals surface area contributed by atoms with Gasteiger partial charge >= 0.3 is 0 Å². The van der Waals surface area contributed by atoms with E-state index < -0.39 is 36.0 Å². The van der Waals surface area contributed by atoms with E-state index in [0.29, 0.717) is 0 Å². The van der Waals surface area contributed by atoms with E-state index in [1.165, 1.54) is 0 Å². The minimum absolute atomic E-state index is 0.221. The highest BCUT2D eigenvalue weighted by molar-refractivity contribution is 5.99. The number of nitrogens with one attached hydrogen (secondary N) is 2. The molecule has 0 amide bonds. The summed E-state index contributed by atoms with van der Waals surface area (Å²) in [5, 5.41) is 38.9. The van der Waals surface area contributed by atoms with Crippen LogP contribution in [0.1, 0.15) is 21.0 Å². The van der Waals surface area contributed by atoms with E-state index in [0.717, 1.165) is 12.4 Å². The quantitative estimate of drug-likeness (QED) is 0.298. The lowest BCUT2D eigenvalue weighted by Crippen LogP contribution is -2.50. The Morgan fingerprint density at radius 1 is 0.864 bits per heavy atom. The number of rotatable bonds is 7. The van der Waals surface area contributed by atoms with Crippen LogP contribution in [0.3, 0.4) is 0 Å². The Labute approximate surface area is 123 Å². The Balaban J connectivity index is 2.06. The number of hydrogen-bond acceptors (Lipinski definition) is 8. The number of aliphatic hydroxyl groups is 4. The van der Waals surface area contributed by atoms with Crippen LogP contribution in [0, 0.1) is 12.7 Å². The number of carbonyl (C=O) groups excluding carboxylic acids is 2. The predicted octanol–water partition coefficient (Wildman–Crippen LogP) is -2.76. The van der Waals surface area contributed by atoms with Gasteiger partial charge in [0.1, 0.15) is 35.8 Å². The van der Waals surface area contributed by atoms with Gasteiger partial charge in [0.25, 0.3) is 0 Å². The van der Waals surface area contributed by atoms with Crippen LogP contribution in [0.15, 0.2) is 12.4 Å². The molecule has 2 heterocycles. The summed E-state index contributed by atoms with van der Waals surface area (Å²) < 4.78 is 0. The lowest BCUT2D eigenvalue weighted by atomic mass is 9.96. The summed E-state index contributed by atoms with van der Waals surface area (Å²) in [7, 11) is 0. The number of aliphatic hydroxyl groups excluding tert-OH is 4. The average Bonchev–Trinajstić information content (AvgIpc) is 3.23. The fourth-order valence-corrected chi connectivity index (χ4v) is 1.69. The molecule has 2 aromatic rings. The standard InChI is InChI=1S/C12H12N4O6/c17-7(5-1-13-3-15-5)9(19)11(21)12(22)10(20)8(18)6-2-14-4-16-6/h1-2,9-12,19-22H,(H,13,15)(H,14,16). The van der Waals surface area contributed by atoms with Crippen molar-refractivity contribution in [2.45, 2.75) is 24.4 Å². The minimum Gasteiger partial charge on any atom is -0.387 e. The molecule has 2 radical (unpaired) electrons. The lowest BCUT2D eigenvalue weighted by molar-refractivity contribution is -0.0844. The van der Waals surface area contributed by atoms with Crippen LogP contribution in [0.4, 0.5) is 0 Å². The second-order valence-corrected chi connectivity index (χ2v) is 4.39. The molecule has 0 spiro atoms. The molecule has 0 bridgehead atoms. The van der Waals surface area contributed by atoms with E-state index in [9.17, 15) is 30.0 Å². The number of aromatic amines is 2. The van der Waals surface area contributed by atoms with Crippen molar-refractivity contribution in [3.8, 4) is 0 Å². The Hall–Kier alpha value is -2.40. The Morgan fingerprint density at radius 3 is 1.50 bits per heavy atom. The number of imidazole rings is 2. The fraction of sp³-hybridized carbons (Fsp3) is 0.333. The maximum absolute atomic E-state index is 11.8. The smallest absolute Gasteiger partial charge is 0.213 e. The molecule has 0 saturated heterocycles. The SMILES string of the molecule is O=C(c1c[nH][c]n1)C(O)C(O)C(O)C(O)C(=O)c1c[nH][c]n1. The highest BCUT2D eigenvalue weighted by atomic mass is 16.4. The Bertz CT molecular complexity index is 570. The van der Waals surface area contributed by atoms with Crippen LogP contribution < -0.4 is 0 Å². The maximum Gasteiger partial charge on any atom is 0.213 e. The van der Waals surface area contributed by atoms with Crippen molar-refractivity contribution in [3.05, 3.63) is 36.4 Å². The highest BCUT2D eigenvalue weighted by Gasteiger charge is 2.38. The molecule has 4 unspecified atom stereocenters. The van der Waals surface area contributed by atoms with Crippen LogP contribution in [0.25, 0.3) is 0 Å². The number of ketones is 2. The molecule has 0 aliphatic heterocycles. The van der Waals surface area contributed by atoms with Crippen molar-refractivity contribution in [2.75, 3.05) is 0 Å². The van der Waals surface area contributed by atoms with Gasteiger partial charge in [-0.1, -0.05) is 0 Å². The molecule has 2 rings (SSSR count). The van der Waals surface area contributed by atoms with Gasteiger partial charge in [0.15, 0.2) is 12.7 Å². The summed E-state index contributed by atoms with van der Waals surface area (Å²) in [4.78, 5) is 35.2. The first-order valence-electron chi connectivity index (χ1n) is 6.07. The number of Topliss-reactive ketones (excluding diaryl/α,β-unsaturated/α-hetero) is 2. The minimum atomic E-state index is -2.11. The summed E-state index contributed by atoms with van der Waals surface area (Å²) in [6, 6.07) is 0.